The fourth-order valence-electron chi connectivity index (χ4n) is 1.24. The molecule has 0 bridgehead atoms. The number of ether oxygens (including phenoxy) is 1. The van der Waals surface area contributed by atoms with Crippen LogP contribution in [-0.4, -0.2) is 27.5 Å². The van der Waals surface area contributed by atoms with Crippen LogP contribution in [0.25, 0.3) is 0 Å². The van der Waals surface area contributed by atoms with Gasteiger partial charge in [0.15, 0.2) is 0 Å². The van der Waals surface area contributed by atoms with Crippen LogP contribution in [-0.2, 0) is 14.8 Å². The molecule has 0 radical (unpaired) electrons. The first-order valence-electron chi connectivity index (χ1n) is 5.39. The maximum atomic E-state index is 11.7. The maximum Gasteiger partial charge on any atom is 0.338 e. The molecule has 0 aliphatic rings. The highest BCUT2D eigenvalue weighted by atomic mass is 32.2. The van der Waals surface area contributed by atoms with Crippen molar-refractivity contribution in [1.82, 2.24) is 4.72 Å². The first-order valence-corrected chi connectivity index (χ1v) is 6.87. The summed E-state index contributed by atoms with van der Waals surface area (Å²) in [6.45, 7) is 5.56. The number of benzene rings is 1. The van der Waals surface area contributed by atoms with Gasteiger partial charge >= 0.3 is 5.97 Å². The molecule has 0 spiro atoms. The van der Waals surface area contributed by atoms with Gasteiger partial charge in [-0.15, -0.1) is 6.58 Å². The average Bonchev–Trinajstić information content (AvgIpc) is 2.37. The number of nitrogens with one attached hydrogen (secondary N) is 1. The van der Waals surface area contributed by atoms with E-state index in [9.17, 15) is 13.2 Å². The fraction of sp³-hybridized carbons (Fsp3) is 0.250. The maximum absolute atomic E-state index is 11.7. The van der Waals surface area contributed by atoms with Gasteiger partial charge in [0.1, 0.15) is 0 Å². The summed E-state index contributed by atoms with van der Waals surface area (Å²) in [5.74, 6) is -0.472. The van der Waals surface area contributed by atoms with Crippen LogP contribution < -0.4 is 4.72 Å². The number of hydrogen-bond donors (Lipinski definition) is 1. The molecule has 1 aromatic carbocycles. The van der Waals surface area contributed by atoms with E-state index in [-0.39, 0.29) is 18.0 Å². The summed E-state index contributed by atoms with van der Waals surface area (Å²) in [5, 5.41) is 0. The van der Waals surface area contributed by atoms with Crippen LogP contribution in [0.1, 0.15) is 17.3 Å². The van der Waals surface area contributed by atoms with Crippen LogP contribution in [0.4, 0.5) is 0 Å². The minimum Gasteiger partial charge on any atom is -0.462 e. The third-order valence-corrected chi connectivity index (χ3v) is 3.53. The van der Waals surface area contributed by atoms with E-state index in [1.165, 1.54) is 30.3 Å². The lowest BCUT2D eigenvalue weighted by Gasteiger charge is -2.05. The second kappa shape index (κ2) is 6.32. The third-order valence-electron chi connectivity index (χ3n) is 2.09. The number of carbonyl (C=O) groups is 1. The van der Waals surface area contributed by atoms with Gasteiger partial charge in [-0.1, -0.05) is 6.08 Å². The number of esters is 1. The van der Waals surface area contributed by atoms with Crippen LogP contribution in [0.2, 0.25) is 0 Å². The molecule has 0 saturated carbocycles. The van der Waals surface area contributed by atoms with Crippen molar-refractivity contribution in [3.63, 3.8) is 0 Å². The number of rotatable bonds is 6. The second-order valence-corrected chi connectivity index (χ2v) is 5.15. The summed E-state index contributed by atoms with van der Waals surface area (Å²) in [6.07, 6.45) is 1.45. The molecule has 0 amide bonds. The monoisotopic (exact) mass is 269 g/mol. The summed E-state index contributed by atoms with van der Waals surface area (Å²) in [6, 6.07) is 5.55. The van der Waals surface area contributed by atoms with Crippen molar-refractivity contribution in [2.24, 2.45) is 0 Å². The number of carbonyl (C=O) groups excluding carboxylic acids is 1. The average molecular weight is 269 g/mol. The van der Waals surface area contributed by atoms with Crippen LogP contribution in [0, 0.1) is 0 Å². The van der Waals surface area contributed by atoms with Crippen LogP contribution in [0.3, 0.4) is 0 Å². The van der Waals surface area contributed by atoms with Crippen LogP contribution in [0.5, 0.6) is 0 Å². The molecule has 0 saturated heterocycles. The molecule has 5 nitrogen and oxygen atoms in total. The van der Waals surface area contributed by atoms with Crippen molar-refractivity contribution in [3.05, 3.63) is 42.5 Å². The van der Waals surface area contributed by atoms with E-state index < -0.39 is 16.0 Å². The Morgan fingerprint density at radius 2 is 2.00 bits per heavy atom. The molecule has 1 aromatic rings. The first kappa shape index (κ1) is 14.4. The molecule has 0 heterocycles. The summed E-state index contributed by atoms with van der Waals surface area (Å²) >= 11 is 0. The minimum atomic E-state index is -3.55. The topological polar surface area (TPSA) is 72.5 Å². The molecule has 0 atom stereocenters. The molecule has 0 aliphatic carbocycles. The smallest absolute Gasteiger partial charge is 0.338 e. The van der Waals surface area contributed by atoms with Crippen molar-refractivity contribution in [2.45, 2.75) is 11.8 Å². The van der Waals surface area contributed by atoms with E-state index in [1.54, 1.807) is 6.92 Å². The van der Waals surface area contributed by atoms with Gasteiger partial charge in [0.25, 0.3) is 0 Å². The highest BCUT2D eigenvalue weighted by molar-refractivity contribution is 7.89. The van der Waals surface area contributed by atoms with Gasteiger partial charge in [-0.3, -0.25) is 0 Å². The number of sulfonamides is 1. The minimum absolute atomic E-state index is 0.0948. The predicted molar refractivity (Wildman–Crippen MR) is 67.8 cm³/mol. The Hall–Kier alpha value is -1.66. The van der Waals surface area contributed by atoms with E-state index in [0.717, 1.165) is 0 Å². The first-order chi connectivity index (χ1) is 8.51. The highest BCUT2D eigenvalue weighted by Gasteiger charge is 2.14. The summed E-state index contributed by atoms with van der Waals surface area (Å²) in [4.78, 5) is 11.5. The van der Waals surface area contributed by atoms with E-state index >= 15 is 0 Å². The Labute approximate surface area is 107 Å². The Balaban J connectivity index is 2.89. The number of hydrogen-bond acceptors (Lipinski definition) is 4. The van der Waals surface area contributed by atoms with Crippen molar-refractivity contribution in [3.8, 4) is 0 Å². The van der Waals surface area contributed by atoms with E-state index in [2.05, 4.69) is 11.3 Å². The van der Waals surface area contributed by atoms with Crippen molar-refractivity contribution < 1.29 is 17.9 Å². The van der Waals surface area contributed by atoms with Gasteiger partial charge in [0.05, 0.1) is 17.1 Å². The quantitative estimate of drug-likeness (QED) is 0.624. The summed E-state index contributed by atoms with van der Waals surface area (Å²) in [7, 11) is -3.55. The predicted octanol–water partition coefficient (Wildman–Crippen LogP) is 1.33. The molecular formula is C12H15NO4S. The zero-order valence-electron chi connectivity index (χ0n) is 10.0. The molecule has 1 N–H and O–H groups in total. The SMILES string of the molecule is C=CCNS(=O)(=O)c1ccc(C(=O)OCC)cc1. The molecule has 1 rings (SSSR count). The van der Waals surface area contributed by atoms with Crippen molar-refractivity contribution in [2.75, 3.05) is 13.2 Å². The third kappa shape index (κ3) is 3.68. The van der Waals surface area contributed by atoms with Gasteiger partial charge in [0, 0.05) is 6.54 Å². The molecule has 18 heavy (non-hydrogen) atoms. The second-order valence-electron chi connectivity index (χ2n) is 3.39. The van der Waals surface area contributed by atoms with Crippen LogP contribution >= 0.6 is 0 Å². The molecule has 0 fully saturated rings. The van der Waals surface area contributed by atoms with Gasteiger partial charge in [-0.25, -0.2) is 17.9 Å². The Bertz CT molecular complexity index is 520. The molecule has 6 heteroatoms. The molecule has 98 valence electrons. The van der Waals surface area contributed by atoms with Gasteiger partial charge in [-0.2, -0.15) is 0 Å². The van der Waals surface area contributed by atoms with Gasteiger partial charge in [0.2, 0.25) is 10.0 Å². The van der Waals surface area contributed by atoms with E-state index in [0.29, 0.717) is 5.56 Å². The van der Waals surface area contributed by atoms with Crippen LogP contribution in [0.15, 0.2) is 41.8 Å². The normalized spacial score (nSPS) is 10.9. The molecule has 0 unspecified atom stereocenters. The Kier molecular flexibility index (Phi) is 5.06. The molecular weight excluding hydrogens is 254 g/mol. The largest absolute Gasteiger partial charge is 0.462 e. The Morgan fingerprint density at radius 3 is 2.50 bits per heavy atom. The zero-order valence-corrected chi connectivity index (χ0v) is 10.9. The molecule has 0 aromatic heterocycles. The fourth-order valence-corrected chi connectivity index (χ4v) is 2.23. The Morgan fingerprint density at radius 1 is 1.39 bits per heavy atom. The van der Waals surface area contributed by atoms with E-state index in [1.807, 2.05) is 0 Å². The summed E-state index contributed by atoms with van der Waals surface area (Å²) < 4.78 is 30.6. The highest BCUT2D eigenvalue weighted by Crippen LogP contribution is 2.11. The lowest BCUT2D eigenvalue weighted by atomic mass is 10.2. The van der Waals surface area contributed by atoms with Crippen molar-refractivity contribution >= 4 is 16.0 Å². The summed E-state index contributed by atoms with van der Waals surface area (Å²) in [5.41, 5.74) is 0.319. The standard InChI is InChI=1S/C12H15NO4S/c1-3-9-13-18(15,16)11-7-5-10(6-8-11)12(14)17-4-2/h3,5-8,13H,1,4,9H2,2H3. The lowest BCUT2D eigenvalue weighted by Crippen LogP contribution is -2.23. The van der Waals surface area contributed by atoms with Crippen molar-refractivity contribution in [1.29, 1.82) is 0 Å². The zero-order chi connectivity index (χ0) is 13.6. The lowest BCUT2D eigenvalue weighted by molar-refractivity contribution is 0.0526. The molecule has 0 aliphatic heterocycles. The van der Waals surface area contributed by atoms with Gasteiger partial charge < -0.3 is 4.74 Å². The van der Waals surface area contributed by atoms with E-state index in [4.69, 9.17) is 4.74 Å². The van der Waals surface area contributed by atoms with Gasteiger partial charge in [-0.05, 0) is 31.2 Å².